The van der Waals surface area contributed by atoms with Crippen molar-refractivity contribution in [2.24, 2.45) is 0 Å². The number of nitrogens with two attached hydrogens (primary N) is 1. The summed E-state index contributed by atoms with van der Waals surface area (Å²) in [6.07, 6.45) is 1.15. The third kappa shape index (κ3) is 2.00. The maximum Gasteiger partial charge on any atom is 0.227 e. The number of thiazole rings is 1. The Morgan fingerprint density at radius 1 is 1.26 bits per heavy atom. The molecule has 2 heterocycles. The van der Waals surface area contributed by atoms with Crippen molar-refractivity contribution in [2.45, 2.75) is 26.2 Å². The average molecular weight is 272 g/mol. The van der Waals surface area contributed by atoms with Crippen molar-refractivity contribution in [3.8, 4) is 11.3 Å². The number of fused-ring (bicyclic) bond motifs is 1. The Bertz CT molecular complexity index is 696. The highest BCUT2D eigenvalue weighted by atomic mass is 32.1. The van der Waals surface area contributed by atoms with Crippen LogP contribution in [0.4, 0.5) is 5.95 Å². The molecule has 0 amide bonds. The van der Waals surface area contributed by atoms with E-state index in [1.807, 2.05) is 4.40 Å². The Morgan fingerprint density at radius 2 is 2.00 bits per heavy atom. The molecule has 3 rings (SSSR count). The largest absolute Gasteiger partial charge is 0.368 e. The van der Waals surface area contributed by atoms with Crippen molar-refractivity contribution < 1.29 is 0 Å². The SMILES string of the molecule is CCC(C)c1ccc(-c2csc3nnc(N)n23)cc1. The average Bonchev–Trinajstić information content (AvgIpc) is 3.02. The molecule has 0 aliphatic carbocycles. The van der Waals surface area contributed by atoms with Gasteiger partial charge in [0.1, 0.15) is 0 Å². The van der Waals surface area contributed by atoms with Gasteiger partial charge in [-0.3, -0.25) is 4.40 Å². The van der Waals surface area contributed by atoms with Crippen molar-refractivity contribution in [1.29, 1.82) is 0 Å². The second kappa shape index (κ2) is 4.66. The van der Waals surface area contributed by atoms with E-state index in [1.54, 1.807) is 11.3 Å². The molecule has 1 atom stereocenters. The summed E-state index contributed by atoms with van der Waals surface area (Å²) in [6, 6.07) is 8.66. The summed E-state index contributed by atoms with van der Waals surface area (Å²) in [6.45, 7) is 4.45. The van der Waals surface area contributed by atoms with Crippen LogP contribution in [0.2, 0.25) is 0 Å². The minimum absolute atomic E-state index is 0.442. The lowest BCUT2D eigenvalue weighted by Crippen LogP contribution is -1.95. The summed E-state index contributed by atoms with van der Waals surface area (Å²) in [5.41, 5.74) is 9.42. The lowest BCUT2D eigenvalue weighted by Gasteiger charge is -2.09. The molecule has 4 nitrogen and oxygen atoms in total. The maximum atomic E-state index is 5.85. The minimum Gasteiger partial charge on any atom is -0.368 e. The Hall–Kier alpha value is -1.88. The van der Waals surface area contributed by atoms with Crippen LogP contribution in [0.3, 0.4) is 0 Å². The Labute approximate surface area is 115 Å². The molecule has 0 aliphatic heterocycles. The van der Waals surface area contributed by atoms with Crippen LogP contribution in [0.15, 0.2) is 29.6 Å². The molecule has 0 saturated heterocycles. The van der Waals surface area contributed by atoms with Crippen LogP contribution >= 0.6 is 11.3 Å². The van der Waals surface area contributed by atoms with E-state index in [0.29, 0.717) is 11.9 Å². The minimum atomic E-state index is 0.442. The molecular formula is C14H16N4S. The first-order valence-corrected chi connectivity index (χ1v) is 7.27. The summed E-state index contributed by atoms with van der Waals surface area (Å²) in [7, 11) is 0. The third-order valence-corrected chi connectivity index (χ3v) is 4.38. The third-order valence-electron chi connectivity index (χ3n) is 3.56. The second-order valence-electron chi connectivity index (χ2n) is 4.73. The van der Waals surface area contributed by atoms with Gasteiger partial charge in [-0.05, 0) is 23.5 Å². The highest BCUT2D eigenvalue weighted by Crippen LogP contribution is 2.28. The second-order valence-corrected chi connectivity index (χ2v) is 5.56. The van der Waals surface area contributed by atoms with Gasteiger partial charge in [0.25, 0.3) is 0 Å². The molecule has 1 unspecified atom stereocenters. The van der Waals surface area contributed by atoms with E-state index in [1.165, 1.54) is 5.56 Å². The van der Waals surface area contributed by atoms with Gasteiger partial charge in [0, 0.05) is 5.38 Å². The summed E-state index contributed by atoms with van der Waals surface area (Å²) >= 11 is 1.55. The molecule has 0 radical (unpaired) electrons. The van der Waals surface area contributed by atoms with Crippen LogP contribution in [0.1, 0.15) is 31.7 Å². The number of anilines is 1. The van der Waals surface area contributed by atoms with E-state index in [0.717, 1.165) is 22.6 Å². The molecule has 0 fully saturated rings. The predicted octanol–water partition coefficient (Wildman–Crippen LogP) is 3.55. The van der Waals surface area contributed by atoms with Gasteiger partial charge in [-0.2, -0.15) is 0 Å². The van der Waals surface area contributed by atoms with Crippen molar-refractivity contribution in [3.63, 3.8) is 0 Å². The lowest BCUT2D eigenvalue weighted by molar-refractivity contribution is 0.734. The summed E-state index contributed by atoms with van der Waals surface area (Å²) in [5.74, 6) is 1.04. The summed E-state index contributed by atoms with van der Waals surface area (Å²) in [5, 5.41) is 10.0. The zero-order valence-corrected chi connectivity index (χ0v) is 11.8. The standard InChI is InChI=1S/C14H16N4S/c1-3-9(2)10-4-6-11(7-5-10)12-8-19-14-17-16-13(15)18(12)14/h4-9H,3H2,1-2H3,(H2,15,16). The molecule has 2 aromatic heterocycles. The van der Waals surface area contributed by atoms with Gasteiger partial charge in [-0.25, -0.2) is 0 Å². The smallest absolute Gasteiger partial charge is 0.227 e. The number of nitrogens with zero attached hydrogens (tertiary/aromatic N) is 3. The lowest BCUT2D eigenvalue weighted by atomic mass is 9.97. The van der Waals surface area contributed by atoms with E-state index < -0.39 is 0 Å². The quantitative estimate of drug-likeness (QED) is 0.793. The monoisotopic (exact) mass is 272 g/mol. The van der Waals surface area contributed by atoms with Gasteiger partial charge < -0.3 is 5.73 Å². The van der Waals surface area contributed by atoms with Crippen LogP contribution in [-0.2, 0) is 0 Å². The molecule has 0 bridgehead atoms. The molecule has 0 spiro atoms. The fourth-order valence-electron chi connectivity index (χ4n) is 2.16. The molecule has 5 heteroatoms. The van der Waals surface area contributed by atoms with Gasteiger partial charge in [-0.1, -0.05) is 38.1 Å². The highest BCUT2D eigenvalue weighted by molar-refractivity contribution is 7.15. The zero-order valence-electron chi connectivity index (χ0n) is 11.0. The zero-order chi connectivity index (χ0) is 13.4. The van der Waals surface area contributed by atoms with Crippen LogP contribution < -0.4 is 5.73 Å². The molecule has 98 valence electrons. The van der Waals surface area contributed by atoms with Gasteiger partial charge >= 0.3 is 0 Å². The first kappa shape index (κ1) is 12.2. The van der Waals surface area contributed by atoms with Crippen LogP contribution in [-0.4, -0.2) is 14.6 Å². The first-order chi connectivity index (χ1) is 9.20. The van der Waals surface area contributed by atoms with Crippen molar-refractivity contribution in [1.82, 2.24) is 14.6 Å². The van der Waals surface area contributed by atoms with Gasteiger partial charge in [0.15, 0.2) is 0 Å². The number of hydrogen-bond donors (Lipinski definition) is 1. The Morgan fingerprint density at radius 3 is 2.68 bits per heavy atom. The van der Waals surface area contributed by atoms with Gasteiger partial charge in [0.05, 0.1) is 5.69 Å². The fraction of sp³-hybridized carbons (Fsp3) is 0.286. The van der Waals surface area contributed by atoms with Crippen LogP contribution in [0.5, 0.6) is 0 Å². The van der Waals surface area contributed by atoms with E-state index in [9.17, 15) is 0 Å². The number of rotatable bonds is 3. The van der Waals surface area contributed by atoms with E-state index >= 15 is 0 Å². The number of aromatic nitrogens is 3. The van der Waals surface area contributed by atoms with Crippen LogP contribution in [0.25, 0.3) is 16.2 Å². The highest BCUT2D eigenvalue weighted by Gasteiger charge is 2.11. The fourth-order valence-corrected chi connectivity index (χ4v) is 3.00. The van der Waals surface area contributed by atoms with Crippen LogP contribution in [0, 0.1) is 0 Å². The molecule has 1 aromatic carbocycles. The van der Waals surface area contributed by atoms with E-state index in [4.69, 9.17) is 5.73 Å². The summed E-state index contributed by atoms with van der Waals surface area (Å²) < 4.78 is 1.89. The number of nitrogen functional groups attached to an aromatic ring is 1. The van der Waals surface area contributed by atoms with Crippen molar-refractivity contribution in [3.05, 3.63) is 35.2 Å². The molecule has 19 heavy (non-hydrogen) atoms. The van der Waals surface area contributed by atoms with E-state index in [-0.39, 0.29) is 0 Å². The van der Waals surface area contributed by atoms with Gasteiger partial charge in [-0.15, -0.1) is 21.5 Å². The first-order valence-electron chi connectivity index (χ1n) is 6.39. The summed E-state index contributed by atoms with van der Waals surface area (Å²) in [4.78, 5) is 0.832. The molecule has 0 aliphatic rings. The molecule has 3 aromatic rings. The normalized spacial score (nSPS) is 12.9. The maximum absolute atomic E-state index is 5.85. The number of hydrogen-bond acceptors (Lipinski definition) is 4. The predicted molar refractivity (Wildman–Crippen MR) is 79.4 cm³/mol. The Balaban J connectivity index is 2.04. The molecule has 0 saturated carbocycles. The molecular weight excluding hydrogens is 256 g/mol. The van der Waals surface area contributed by atoms with Gasteiger partial charge in [0.2, 0.25) is 10.9 Å². The van der Waals surface area contributed by atoms with Crippen molar-refractivity contribution in [2.75, 3.05) is 5.73 Å². The van der Waals surface area contributed by atoms with E-state index in [2.05, 4.69) is 53.7 Å². The number of benzene rings is 1. The van der Waals surface area contributed by atoms with Crippen molar-refractivity contribution >= 4 is 22.2 Å². The topological polar surface area (TPSA) is 56.2 Å². The Kier molecular flexibility index (Phi) is 2.98. The molecule has 2 N–H and O–H groups in total.